The highest BCUT2D eigenvalue weighted by Crippen LogP contribution is 2.25. The van der Waals surface area contributed by atoms with Crippen LogP contribution in [0.25, 0.3) is 22.4 Å². The van der Waals surface area contributed by atoms with Crippen molar-refractivity contribution in [1.29, 1.82) is 0 Å². The van der Waals surface area contributed by atoms with Crippen LogP contribution in [0.3, 0.4) is 0 Å². The summed E-state index contributed by atoms with van der Waals surface area (Å²) in [4.78, 5) is 16.1. The predicted octanol–water partition coefficient (Wildman–Crippen LogP) is 4.38. The average molecular weight is 392 g/mol. The van der Waals surface area contributed by atoms with E-state index in [1.807, 2.05) is 36.4 Å². The molecule has 148 valence electrons. The van der Waals surface area contributed by atoms with Crippen molar-refractivity contribution < 1.29 is 18.4 Å². The van der Waals surface area contributed by atoms with Gasteiger partial charge in [0.15, 0.2) is 6.61 Å². The maximum Gasteiger partial charge on any atom is 0.336 e. The molecule has 0 aliphatic rings. The molecule has 0 spiro atoms. The zero-order valence-corrected chi connectivity index (χ0v) is 16.2. The Kier molecular flexibility index (Phi) is 5.29. The van der Waals surface area contributed by atoms with Gasteiger partial charge in [-0.3, -0.25) is 0 Å². The number of aromatic nitrogens is 2. The Morgan fingerprint density at radius 1 is 1.03 bits per heavy atom. The Labute approximate surface area is 166 Å². The fraction of sp³-hybridized carbons (Fsp3) is 0.227. The average Bonchev–Trinajstić information content (AvgIpc) is 3.21. The molecule has 0 aliphatic carbocycles. The highest BCUT2D eigenvalue weighted by atomic mass is 16.5. The summed E-state index contributed by atoms with van der Waals surface area (Å²) >= 11 is 0. The number of benzene rings is 2. The number of aryl methyl sites for hydroxylation is 1. The normalized spacial score (nSPS) is 11.0. The third kappa shape index (κ3) is 4.13. The lowest BCUT2D eigenvalue weighted by Gasteiger charge is -2.07. The Bertz CT molecular complexity index is 1180. The van der Waals surface area contributed by atoms with Crippen LogP contribution in [-0.2, 0) is 13.0 Å². The molecular formula is C22H20N2O5. The SMILES string of the molecule is CCCc1cc(=O)oc2cc(OCc3noc(-c4ccc(OC)cc4)n3)ccc12. The predicted molar refractivity (Wildman–Crippen MR) is 107 cm³/mol. The first-order valence-electron chi connectivity index (χ1n) is 9.33. The number of methoxy groups -OCH3 is 1. The number of fused-ring (bicyclic) bond motifs is 1. The van der Waals surface area contributed by atoms with Crippen molar-refractivity contribution in [3.63, 3.8) is 0 Å². The molecule has 4 rings (SSSR count). The fourth-order valence-electron chi connectivity index (χ4n) is 3.09. The number of hydrogen-bond acceptors (Lipinski definition) is 7. The maximum atomic E-state index is 11.8. The first-order chi connectivity index (χ1) is 14.2. The van der Waals surface area contributed by atoms with Crippen molar-refractivity contribution >= 4 is 11.0 Å². The van der Waals surface area contributed by atoms with Crippen LogP contribution in [0.4, 0.5) is 0 Å². The third-order valence-electron chi connectivity index (χ3n) is 4.49. The van der Waals surface area contributed by atoms with Gasteiger partial charge in [-0.1, -0.05) is 18.5 Å². The van der Waals surface area contributed by atoms with E-state index in [0.29, 0.717) is 23.0 Å². The smallest absolute Gasteiger partial charge is 0.336 e. The zero-order chi connectivity index (χ0) is 20.2. The molecule has 0 saturated carbocycles. The van der Waals surface area contributed by atoms with Crippen molar-refractivity contribution in [2.24, 2.45) is 0 Å². The summed E-state index contributed by atoms with van der Waals surface area (Å²) in [5, 5.41) is 4.87. The van der Waals surface area contributed by atoms with E-state index in [1.54, 1.807) is 19.2 Å². The molecule has 0 bridgehead atoms. The summed E-state index contributed by atoms with van der Waals surface area (Å²) in [5.74, 6) is 2.13. The monoisotopic (exact) mass is 392 g/mol. The molecular weight excluding hydrogens is 372 g/mol. The molecule has 0 N–H and O–H groups in total. The fourth-order valence-corrected chi connectivity index (χ4v) is 3.09. The van der Waals surface area contributed by atoms with Gasteiger partial charge in [-0.05, 0) is 48.4 Å². The van der Waals surface area contributed by atoms with E-state index >= 15 is 0 Å². The summed E-state index contributed by atoms with van der Waals surface area (Å²) in [6.07, 6.45) is 1.77. The molecule has 7 nitrogen and oxygen atoms in total. The van der Waals surface area contributed by atoms with Gasteiger partial charge in [-0.15, -0.1) is 0 Å². The van der Waals surface area contributed by atoms with Crippen LogP contribution >= 0.6 is 0 Å². The van der Waals surface area contributed by atoms with Gasteiger partial charge >= 0.3 is 5.63 Å². The summed E-state index contributed by atoms with van der Waals surface area (Å²) < 4.78 is 21.5. The topological polar surface area (TPSA) is 87.6 Å². The van der Waals surface area contributed by atoms with E-state index < -0.39 is 0 Å². The van der Waals surface area contributed by atoms with Crippen molar-refractivity contribution in [3.8, 4) is 23.0 Å². The Morgan fingerprint density at radius 3 is 2.59 bits per heavy atom. The Balaban J connectivity index is 1.49. The molecule has 0 radical (unpaired) electrons. The third-order valence-corrected chi connectivity index (χ3v) is 4.49. The highest BCUT2D eigenvalue weighted by Gasteiger charge is 2.11. The lowest BCUT2D eigenvalue weighted by atomic mass is 10.1. The molecule has 2 aromatic heterocycles. The van der Waals surface area contributed by atoms with Crippen LogP contribution in [0, 0.1) is 0 Å². The minimum Gasteiger partial charge on any atom is -0.497 e. The van der Waals surface area contributed by atoms with Gasteiger partial charge in [0.1, 0.15) is 17.1 Å². The van der Waals surface area contributed by atoms with Gasteiger partial charge < -0.3 is 18.4 Å². The standard InChI is InChI=1S/C22H20N2O5/c1-3-4-15-11-21(25)28-19-12-17(9-10-18(15)19)27-13-20-23-22(29-24-20)14-5-7-16(26-2)8-6-14/h5-12H,3-4,13H2,1-2H3. The van der Waals surface area contributed by atoms with Crippen LogP contribution in [0.1, 0.15) is 24.7 Å². The molecule has 4 aromatic rings. The summed E-state index contributed by atoms with van der Waals surface area (Å²) in [7, 11) is 1.61. The Morgan fingerprint density at radius 2 is 1.83 bits per heavy atom. The van der Waals surface area contributed by atoms with Crippen molar-refractivity contribution in [2.45, 2.75) is 26.4 Å². The van der Waals surface area contributed by atoms with Crippen LogP contribution in [0.2, 0.25) is 0 Å². The summed E-state index contributed by atoms with van der Waals surface area (Å²) in [6.45, 7) is 2.20. The van der Waals surface area contributed by atoms with E-state index in [2.05, 4.69) is 17.1 Å². The largest absolute Gasteiger partial charge is 0.497 e. The van der Waals surface area contributed by atoms with Crippen molar-refractivity contribution in [1.82, 2.24) is 10.1 Å². The molecule has 7 heteroatoms. The number of ether oxygens (including phenoxy) is 2. The van der Waals surface area contributed by atoms with Crippen LogP contribution < -0.4 is 15.1 Å². The minimum absolute atomic E-state index is 0.129. The molecule has 0 fully saturated rings. The van der Waals surface area contributed by atoms with Gasteiger partial charge in [-0.2, -0.15) is 4.98 Å². The molecule has 0 amide bonds. The van der Waals surface area contributed by atoms with E-state index in [1.165, 1.54) is 0 Å². The molecule has 0 unspecified atom stereocenters. The second-order valence-electron chi connectivity index (χ2n) is 6.53. The van der Waals surface area contributed by atoms with Crippen molar-refractivity contribution in [2.75, 3.05) is 7.11 Å². The minimum atomic E-state index is -0.361. The van der Waals surface area contributed by atoms with Gasteiger partial charge in [0.05, 0.1) is 7.11 Å². The lowest BCUT2D eigenvalue weighted by molar-refractivity contribution is 0.287. The van der Waals surface area contributed by atoms with Crippen LogP contribution in [0.5, 0.6) is 11.5 Å². The first kappa shape index (κ1) is 18.7. The van der Waals surface area contributed by atoms with Crippen LogP contribution in [-0.4, -0.2) is 17.3 Å². The lowest BCUT2D eigenvalue weighted by Crippen LogP contribution is -2.01. The van der Waals surface area contributed by atoms with Gasteiger partial charge in [0.25, 0.3) is 5.89 Å². The van der Waals surface area contributed by atoms with E-state index in [9.17, 15) is 4.79 Å². The number of hydrogen-bond donors (Lipinski definition) is 0. The molecule has 0 atom stereocenters. The second-order valence-corrected chi connectivity index (χ2v) is 6.53. The number of rotatable bonds is 7. The Hall–Kier alpha value is -3.61. The molecule has 0 aliphatic heterocycles. The van der Waals surface area contributed by atoms with Gasteiger partial charge in [0, 0.05) is 23.1 Å². The highest BCUT2D eigenvalue weighted by molar-refractivity contribution is 5.81. The maximum absolute atomic E-state index is 11.8. The van der Waals surface area contributed by atoms with Crippen molar-refractivity contribution in [3.05, 3.63) is 70.3 Å². The molecule has 0 saturated heterocycles. The summed E-state index contributed by atoms with van der Waals surface area (Å²) in [5.41, 5.74) is 1.92. The quantitative estimate of drug-likeness (QED) is 0.431. The van der Waals surface area contributed by atoms with E-state index in [0.717, 1.165) is 35.1 Å². The van der Waals surface area contributed by atoms with Gasteiger partial charge in [0.2, 0.25) is 5.82 Å². The molecule has 29 heavy (non-hydrogen) atoms. The van der Waals surface area contributed by atoms with E-state index in [-0.39, 0.29) is 12.2 Å². The van der Waals surface area contributed by atoms with E-state index in [4.69, 9.17) is 18.4 Å². The summed E-state index contributed by atoms with van der Waals surface area (Å²) in [6, 6.07) is 14.3. The molecule has 2 heterocycles. The number of nitrogens with zero attached hydrogens (tertiary/aromatic N) is 2. The van der Waals surface area contributed by atoms with Crippen LogP contribution in [0.15, 0.2) is 62.3 Å². The first-order valence-corrected chi connectivity index (χ1v) is 9.33. The zero-order valence-electron chi connectivity index (χ0n) is 16.2. The molecule has 2 aromatic carbocycles. The van der Waals surface area contributed by atoms with Gasteiger partial charge in [-0.25, -0.2) is 4.79 Å². The second kappa shape index (κ2) is 8.18.